The zero-order chi connectivity index (χ0) is 19.8. The Morgan fingerprint density at radius 2 is 2.00 bits per heavy atom. The summed E-state index contributed by atoms with van der Waals surface area (Å²) in [7, 11) is 1.60. The van der Waals surface area contributed by atoms with Crippen molar-refractivity contribution in [1.82, 2.24) is 5.32 Å². The molecule has 1 saturated heterocycles. The fourth-order valence-corrected chi connectivity index (χ4v) is 3.10. The minimum Gasteiger partial charge on any atom is -0.493 e. The van der Waals surface area contributed by atoms with E-state index >= 15 is 0 Å². The summed E-state index contributed by atoms with van der Waals surface area (Å²) in [5, 5.41) is 6.23. The molecule has 6 heteroatoms. The number of methoxy groups -OCH3 is 1. The van der Waals surface area contributed by atoms with Crippen molar-refractivity contribution in [3.05, 3.63) is 53.6 Å². The second-order valence-corrected chi connectivity index (χ2v) is 6.95. The number of ether oxygens (including phenoxy) is 3. The maximum atomic E-state index is 12.1. The van der Waals surface area contributed by atoms with E-state index in [9.17, 15) is 4.79 Å². The molecule has 0 aliphatic carbocycles. The van der Waals surface area contributed by atoms with Crippen LogP contribution in [-0.2, 0) is 16.1 Å². The molecule has 0 bridgehead atoms. The maximum Gasteiger partial charge on any atom is 0.262 e. The van der Waals surface area contributed by atoms with Crippen LogP contribution in [0.3, 0.4) is 0 Å². The van der Waals surface area contributed by atoms with Crippen LogP contribution in [0.1, 0.15) is 24.0 Å². The molecule has 1 aliphatic rings. The van der Waals surface area contributed by atoms with Crippen LogP contribution in [-0.4, -0.2) is 38.9 Å². The molecule has 2 aromatic rings. The zero-order valence-electron chi connectivity index (χ0n) is 16.5. The molecule has 1 fully saturated rings. The Kier molecular flexibility index (Phi) is 7.28. The van der Waals surface area contributed by atoms with E-state index in [-0.39, 0.29) is 12.5 Å². The Balaban J connectivity index is 1.48. The molecule has 28 heavy (non-hydrogen) atoms. The van der Waals surface area contributed by atoms with Gasteiger partial charge >= 0.3 is 0 Å². The third-order valence-corrected chi connectivity index (χ3v) is 4.65. The Bertz CT molecular complexity index is 771. The topological polar surface area (TPSA) is 68.8 Å². The van der Waals surface area contributed by atoms with Crippen molar-refractivity contribution in [3.63, 3.8) is 0 Å². The van der Waals surface area contributed by atoms with E-state index in [0.29, 0.717) is 17.6 Å². The van der Waals surface area contributed by atoms with E-state index in [1.165, 1.54) is 0 Å². The van der Waals surface area contributed by atoms with Crippen molar-refractivity contribution in [2.45, 2.75) is 32.4 Å². The quantitative estimate of drug-likeness (QED) is 0.694. The molecule has 150 valence electrons. The first-order chi connectivity index (χ1) is 13.6. The van der Waals surface area contributed by atoms with Gasteiger partial charge in [0.2, 0.25) is 0 Å². The van der Waals surface area contributed by atoms with Gasteiger partial charge in [-0.2, -0.15) is 0 Å². The van der Waals surface area contributed by atoms with E-state index in [2.05, 4.69) is 10.6 Å². The van der Waals surface area contributed by atoms with Crippen LogP contribution in [0.2, 0.25) is 0 Å². The summed E-state index contributed by atoms with van der Waals surface area (Å²) < 4.78 is 16.7. The average Bonchev–Trinajstić information content (AvgIpc) is 3.22. The van der Waals surface area contributed by atoms with Gasteiger partial charge in [-0.25, -0.2) is 0 Å². The number of anilines is 1. The fraction of sp³-hybridized carbons (Fsp3) is 0.409. The lowest BCUT2D eigenvalue weighted by Crippen LogP contribution is -2.25. The second-order valence-electron chi connectivity index (χ2n) is 6.95. The van der Waals surface area contributed by atoms with Crippen LogP contribution in [0.25, 0.3) is 0 Å². The third-order valence-electron chi connectivity index (χ3n) is 4.65. The minimum atomic E-state index is -0.215. The van der Waals surface area contributed by atoms with E-state index in [1.807, 2.05) is 49.4 Å². The lowest BCUT2D eigenvalue weighted by atomic mass is 10.2. The Hall–Kier alpha value is -2.57. The highest BCUT2D eigenvalue weighted by atomic mass is 16.5. The number of nitrogens with one attached hydrogen (secondary N) is 2. The highest BCUT2D eigenvalue weighted by Crippen LogP contribution is 2.28. The van der Waals surface area contributed by atoms with Gasteiger partial charge in [0.1, 0.15) is 0 Å². The predicted molar refractivity (Wildman–Crippen MR) is 109 cm³/mol. The zero-order valence-corrected chi connectivity index (χ0v) is 16.5. The monoisotopic (exact) mass is 384 g/mol. The minimum absolute atomic E-state index is 0.0825. The molecule has 0 radical (unpaired) electrons. The number of hydrogen-bond donors (Lipinski definition) is 2. The number of carbonyl (C=O) groups is 1. The fourth-order valence-electron chi connectivity index (χ4n) is 3.10. The van der Waals surface area contributed by atoms with Gasteiger partial charge in [-0.05, 0) is 49.6 Å². The standard InChI is InChI=1S/C22H28N2O4/c1-16-5-8-18(9-6-16)24-22(25)15-28-20-10-7-17(12-21(20)26-2)13-23-14-19-4-3-11-27-19/h5-10,12,19,23H,3-4,11,13-15H2,1-2H3,(H,24,25)/t19-/m1/s1. The van der Waals surface area contributed by atoms with Gasteiger partial charge in [0, 0.05) is 25.4 Å². The van der Waals surface area contributed by atoms with Crippen LogP contribution < -0.4 is 20.1 Å². The summed E-state index contributed by atoms with van der Waals surface area (Å²) in [6.07, 6.45) is 2.58. The lowest BCUT2D eigenvalue weighted by molar-refractivity contribution is -0.118. The van der Waals surface area contributed by atoms with Crippen molar-refractivity contribution in [3.8, 4) is 11.5 Å². The molecule has 1 amide bonds. The molecule has 0 aromatic heterocycles. The molecular formula is C22H28N2O4. The average molecular weight is 384 g/mol. The molecular weight excluding hydrogens is 356 g/mol. The van der Waals surface area contributed by atoms with Gasteiger partial charge in [0.05, 0.1) is 13.2 Å². The highest BCUT2D eigenvalue weighted by molar-refractivity contribution is 5.91. The Labute approximate surface area is 166 Å². The molecule has 0 unspecified atom stereocenters. The smallest absolute Gasteiger partial charge is 0.262 e. The van der Waals surface area contributed by atoms with Gasteiger partial charge in [-0.15, -0.1) is 0 Å². The summed E-state index contributed by atoms with van der Waals surface area (Å²) in [5.74, 6) is 0.942. The molecule has 2 aromatic carbocycles. The number of benzene rings is 2. The van der Waals surface area contributed by atoms with E-state index in [0.717, 1.165) is 49.4 Å². The SMILES string of the molecule is COc1cc(CNC[C@H]2CCCO2)ccc1OCC(=O)Nc1ccc(C)cc1. The normalized spacial score (nSPS) is 16.0. The predicted octanol–water partition coefficient (Wildman–Crippen LogP) is 3.29. The van der Waals surface area contributed by atoms with Crippen molar-refractivity contribution in [2.75, 3.05) is 32.2 Å². The number of rotatable bonds is 9. The van der Waals surface area contributed by atoms with E-state index in [4.69, 9.17) is 14.2 Å². The van der Waals surface area contributed by atoms with E-state index < -0.39 is 0 Å². The van der Waals surface area contributed by atoms with Gasteiger partial charge in [0.25, 0.3) is 5.91 Å². The van der Waals surface area contributed by atoms with Crippen molar-refractivity contribution in [2.24, 2.45) is 0 Å². The Morgan fingerprint density at radius 3 is 2.71 bits per heavy atom. The third kappa shape index (κ3) is 5.97. The molecule has 1 atom stereocenters. The number of hydrogen-bond acceptors (Lipinski definition) is 5. The number of aryl methyl sites for hydroxylation is 1. The van der Waals surface area contributed by atoms with Gasteiger partial charge in [0.15, 0.2) is 18.1 Å². The first-order valence-electron chi connectivity index (χ1n) is 9.62. The summed E-state index contributed by atoms with van der Waals surface area (Å²) in [5.41, 5.74) is 2.98. The molecule has 1 aliphatic heterocycles. The first-order valence-corrected chi connectivity index (χ1v) is 9.62. The van der Waals surface area contributed by atoms with Gasteiger partial charge < -0.3 is 24.8 Å². The highest BCUT2D eigenvalue weighted by Gasteiger charge is 2.15. The molecule has 6 nitrogen and oxygen atoms in total. The summed E-state index contributed by atoms with van der Waals surface area (Å²) in [6.45, 7) is 4.36. The summed E-state index contributed by atoms with van der Waals surface area (Å²) >= 11 is 0. The second kappa shape index (κ2) is 10.1. The van der Waals surface area contributed by atoms with Crippen LogP contribution in [0, 0.1) is 6.92 Å². The molecule has 0 spiro atoms. The van der Waals surface area contributed by atoms with Crippen LogP contribution >= 0.6 is 0 Å². The summed E-state index contributed by atoms with van der Waals surface area (Å²) in [4.78, 5) is 12.1. The first kappa shape index (κ1) is 20.2. The van der Waals surface area contributed by atoms with Crippen molar-refractivity contribution < 1.29 is 19.0 Å². The lowest BCUT2D eigenvalue weighted by Gasteiger charge is -2.14. The van der Waals surface area contributed by atoms with E-state index in [1.54, 1.807) is 7.11 Å². The molecule has 3 rings (SSSR count). The van der Waals surface area contributed by atoms with Crippen LogP contribution in [0.15, 0.2) is 42.5 Å². The molecule has 0 saturated carbocycles. The number of carbonyl (C=O) groups excluding carboxylic acids is 1. The van der Waals surface area contributed by atoms with Gasteiger partial charge in [-0.1, -0.05) is 23.8 Å². The summed E-state index contributed by atoms with van der Waals surface area (Å²) in [6, 6.07) is 13.4. The number of amides is 1. The van der Waals surface area contributed by atoms with Crippen LogP contribution in [0.4, 0.5) is 5.69 Å². The molecule has 2 N–H and O–H groups in total. The molecule has 1 heterocycles. The largest absolute Gasteiger partial charge is 0.493 e. The van der Waals surface area contributed by atoms with Crippen LogP contribution in [0.5, 0.6) is 11.5 Å². The van der Waals surface area contributed by atoms with Crippen molar-refractivity contribution in [1.29, 1.82) is 0 Å². The van der Waals surface area contributed by atoms with Crippen molar-refractivity contribution >= 4 is 11.6 Å². The van der Waals surface area contributed by atoms with Gasteiger partial charge in [-0.3, -0.25) is 4.79 Å². The Morgan fingerprint density at radius 1 is 1.18 bits per heavy atom. The maximum absolute atomic E-state index is 12.1.